The van der Waals surface area contributed by atoms with Gasteiger partial charge in [-0.05, 0) is 30.2 Å². The minimum absolute atomic E-state index is 0.00849. The van der Waals surface area contributed by atoms with Crippen LogP contribution in [0, 0.1) is 5.82 Å². The molecule has 1 atom stereocenters. The molecule has 0 spiro atoms. The minimum atomic E-state index is -1.40. The van der Waals surface area contributed by atoms with E-state index in [1.165, 1.54) is 0 Å². The number of likely N-dealkylation sites (tertiary alicyclic amines) is 1. The highest BCUT2D eigenvalue weighted by Gasteiger charge is 2.28. The van der Waals surface area contributed by atoms with Crippen molar-refractivity contribution < 1.29 is 28.6 Å². The van der Waals surface area contributed by atoms with Gasteiger partial charge in [0.1, 0.15) is 23.4 Å². The second kappa shape index (κ2) is 8.48. The molecule has 0 unspecified atom stereocenters. The molecule has 1 N–H and O–H groups in total. The zero-order valence-corrected chi connectivity index (χ0v) is 15.9. The third-order valence-corrected chi connectivity index (χ3v) is 4.83. The average molecular weight is 408 g/mol. The van der Waals surface area contributed by atoms with Crippen molar-refractivity contribution in [2.45, 2.75) is 25.5 Å². The normalized spacial score (nSPS) is 16.8. The fraction of sp³-hybridized carbons (Fsp3) is 0.300. The second-order valence-electron chi connectivity index (χ2n) is 6.47. The summed E-state index contributed by atoms with van der Waals surface area (Å²) in [5.41, 5.74) is 0.432. The number of aromatic carboxylic acids is 1. The van der Waals surface area contributed by atoms with Crippen molar-refractivity contribution in [1.82, 2.24) is 4.90 Å². The maximum atomic E-state index is 13.9. The van der Waals surface area contributed by atoms with E-state index < -0.39 is 17.3 Å². The Morgan fingerprint density at radius 3 is 2.68 bits per heavy atom. The number of benzene rings is 2. The Labute approximate surface area is 166 Å². The number of methoxy groups -OCH3 is 1. The summed E-state index contributed by atoms with van der Waals surface area (Å²) in [4.78, 5) is 24.9. The molecule has 148 valence electrons. The molecule has 6 nitrogen and oxygen atoms in total. The Kier molecular flexibility index (Phi) is 6.04. The van der Waals surface area contributed by atoms with Gasteiger partial charge in [-0.3, -0.25) is 4.79 Å². The molecule has 1 amide bonds. The number of halogens is 2. The summed E-state index contributed by atoms with van der Waals surface area (Å²) in [5, 5.41) is 8.96. The summed E-state index contributed by atoms with van der Waals surface area (Å²) in [7, 11) is 1.59. The molecule has 1 saturated heterocycles. The number of nitrogens with zero attached hydrogens (tertiary/aromatic N) is 1. The third-order valence-electron chi connectivity index (χ3n) is 4.54. The SMILES string of the molecule is COc1ccc(CN2C[C@H](Oc3cc(F)c(C(=O)O)cc3Cl)CCC2=O)cc1. The highest BCUT2D eigenvalue weighted by Crippen LogP contribution is 2.30. The van der Waals surface area contributed by atoms with Crippen LogP contribution in [-0.4, -0.2) is 41.6 Å². The number of carbonyl (C=O) groups excluding carboxylic acids is 1. The van der Waals surface area contributed by atoms with Crippen molar-refractivity contribution in [1.29, 1.82) is 0 Å². The van der Waals surface area contributed by atoms with Crippen LogP contribution in [-0.2, 0) is 11.3 Å². The predicted octanol–water partition coefficient (Wildman–Crippen LogP) is 3.76. The van der Waals surface area contributed by atoms with Crippen LogP contribution < -0.4 is 9.47 Å². The summed E-state index contributed by atoms with van der Waals surface area (Å²) in [6, 6.07) is 9.41. The van der Waals surface area contributed by atoms with Crippen molar-refractivity contribution in [2.24, 2.45) is 0 Å². The van der Waals surface area contributed by atoms with E-state index in [9.17, 15) is 14.0 Å². The first kappa shape index (κ1) is 19.9. The maximum absolute atomic E-state index is 13.9. The number of carbonyl (C=O) groups is 2. The number of carboxylic acid groups (broad SMARTS) is 1. The Morgan fingerprint density at radius 2 is 2.04 bits per heavy atom. The number of amides is 1. The molecular weight excluding hydrogens is 389 g/mol. The lowest BCUT2D eigenvalue weighted by atomic mass is 10.1. The second-order valence-corrected chi connectivity index (χ2v) is 6.88. The summed E-state index contributed by atoms with van der Waals surface area (Å²) in [6.45, 7) is 0.742. The highest BCUT2D eigenvalue weighted by molar-refractivity contribution is 6.32. The number of hydrogen-bond donors (Lipinski definition) is 1. The van der Waals surface area contributed by atoms with Crippen LogP contribution in [0.25, 0.3) is 0 Å². The zero-order valence-electron chi connectivity index (χ0n) is 15.2. The van der Waals surface area contributed by atoms with Crippen LogP contribution in [0.5, 0.6) is 11.5 Å². The topological polar surface area (TPSA) is 76.1 Å². The van der Waals surface area contributed by atoms with Gasteiger partial charge in [-0.15, -0.1) is 0 Å². The van der Waals surface area contributed by atoms with E-state index in [1.54, 1.807) is 12.0 Å². The molecule has 1 aliphatic heterocycles. The third kappa shape index (κ3) is 4.54. The number of rotatable bonds is 6. The van der Waals surface area contributed by atoms with Crippen molar-refractivity contribution in [2.75, 3.05) is 13.7 Å². The lowest BCUT2D eigenvalue weighted by molar-refractivity contribution is -0.136. The summed E-state index contributed by atoms with van der Waals surface area (Å²) in [5.74, 6) is -1.52. The Bertz CT molecular complexity index is 887. The van der Waals surface area contributed by atoms with E-state index in [1.807, 2.05) is 24.3 Å². The fourth-order valence-corrected chi connectivity index (χ4v) is 3.25. The van der Waals surface area contributed by atoms with Gasteiger partial charge in [0.05, 0.1) is 24.2 Å². The summed E-state index contributed by atoms with van der Waals surface area (Å²) >= 11 is 6.04. The largest absolute Gasteiger partial charge is 0.497 e. The minimum Gasteiger partial charge on any atom is -0.497 e. The van der Waals surface area contributed by atoms with Crippen LogP contribution in [0.2, 0.25) is 5.02 Å². The van der Waals surface area contributed by atoms with Gasteiger partial charge in [-0.25, -0.2) is 9.18 Å². The van der Waals surface area contributed by atoms with Gasteiger partial charge < -0.3 is 19.5 Å². The zero-order chi connectivity index (χ0) is 20.3. The average Bonchev–Trinajstić information content (AvgIpc) is 2.67. The van der Waals surface area contributed by atoms with E-state index >= 15 is 0 Å². The van der Waals surface area contributed by atoms with Crippen molar-refractivity contribution in [3.8, 4) is 11.5 Å². The quantitative estimate of drug-likeness (QED) is 0.789. The maximum Gasteiger partial charge on any atom is 0.338 e. The van der Waals surface area contributed by atoms with E-state index in [2.05, 4.69) is 0 Å². The van der Waals surface area contributed by atoms with Gasteiger partial charge >= 0.3 is 5.97 Å². The standard InChI is InChI=1S/C20H19ClFNO5/c1-27-13-4-2-12(3-5-13)10-23-11-14(6-7-19(23)24)28-18-9-17(22)15(20(25)26)8-16(18)21/h2-5,8-9,14H,6-7,10-11H2,1H3,(H,25,26)/t14-/m1/s1. The lowest BCUT2D eigenvalue weighted by Gasteiger charge is -2.33. The molecule has 2 aromatic carbocycles. The molecule has 1 aliphatic rings. The molecule has 0 aromatic heterocycles. The van der Waals surface area contributed by atoms with E-state index in [0.717, 1.165) is 23.4 Å². The van der Waals surface area contributed by atoms with Crippen LogP contribution in [0.15, 0.2) is 36.4 Å². The number of ether oxygens (including phenoxy) is 2. The van der Waals surface area contributed by atoms with Gasteiger partial charge in [0.2, 0.25) is 5.91 Å². The van der Waals surface area contributed by atoms with Crippen molar-refractivity contribution in [3.05, 3.63) is 58.4 Å². The molecule has 1 fully saturated rings. The molecule has 28 heavy (non-hydrogen) atoms. The molecule has 3 rings (SSSR count). The summed E-state index contributed by atoms with van der Waals surface area (Å²) in [6.07, 6.45) is 0.397. The first-order valence-corrected chi connectivity index (χ1v) is 9.05. The smallest absolute Gasteiger partial charge is 0.338 e. The molecule has 1 heterocycles. The molecule has 2 aromatic rings. The van der Waals surface area contributed by atoms with Crippen LogP contribution in [0.1, 0.15) is 28.8 Å². The molecule has 0 bridgehead atoms. The van der Waals surface area contributed by atoms with E-state index in [-0.39, 0.29) is 22.8 Å². The van der Waals surface area contributed by atoms with Gasteiger partial charge in [0.25, 0.3) is 0 Å². The van der Waals surface area contributed by atoms with Crippen molar-refractivity contribution >= 4 is 23.5 Å². The first-order valence-electron chi connectivity index (χ1n) is 8.67. The monoisotopic (exact) mass is 407 g/mol. The number of carboxylic acids is 1. The molecular formula is C20H19ClFNO5. The van der Waals surface area contributed by atoms with Gasteiger partial charge in [0.15, 0.2) is 0 Å². The highest BCUT2D eigenvalue weighted by atomic mass is 35.5. The van der Waals surface area contributed by atoms with E-state index in [0.29, 0.717) is 25.9 Å². The van der Waals surface area contributed by atoms with Crippen LogP contribution in [0.3, 0.4) is 0 Å². The fourth-order valence-electron chi connectivity index (χ4n) is 3.04. The van der Waals surface area contributed by atoms with Crippen LogP contribution >= 0.6 is 11.6 Å². The Balaban J connectivity index is 1.69. The molecule has 0 saturated carbocycles. The Morgan fingerprint density at radius 1 is 1.32 bits per heavy atom. The van der Waals surface area contributed by atoms with Crippen LogP contribution in [0.4, 0.5) is 4.39 Å². The van der Waals surface area contributed by atoms with Gasteiger partial charge in [-0.2, -0.15) is 0 Å². The predicted molar refractivity (Wildman–Crippen MR) is 100 cm³/mol. The number of piperidine rings is 1. The first-order chi connectivity index (χ1) is 13.4. The molecule has 0 aliphatic carbocycles. The van der Waals surface area contributed by atoms with Gasteiger partial charge in [-0.1, -0.05) is 23.7 Å². The Hall–Kier alpha value is -2.80. The lowest BCUT2D eigenvalue weighted by Crippen LogP contribution is -2.44. The molecule has 0 radical (unpaired) electrons. The van der Waals surface area contributed by atoms with Crippen molar-refractivity contribution in [3.63, 3.8) is 0 Å². The van der Waals surface area contributed by atoms with E-state index in [4.69, 9.17) is 26.2 Å². The summed E-state index contributed by atoms with van der Waals surface area (Å²) < 4.78 is 24.8. The molecule has 8 heteroatoms. The number of hydrogen-bond acceptors (Lipinski definition) is 4. The van der Waals surface area contributed by atoms with Gasteiger partial charge in [0, 0.05) is 19.0 Å².